The van der Waals surface area contributed by atoms with Gasteiger partial charge in [0.25, 0.3) is 0 Å². The van der Waals surface area contributed by atoms with Crippen molar-refractivity contribution in [1.82, 2.24) is 0 Å². The fraction of sp³-hybridized carbons (Fsp3) is 0.421. The second-order valence-electron chi connectivity index (χ2n) is 22.6. The number of hydrogen-bond donors (Lipinski definition) is 0. The summed E-state index contributed by atoms with van der Waals surface area (Å²) in [6.07, 6.45) is 17.9. The molecule has 12 bridgehead atoms. The van der Waals surface area contributed by atoms with Crippen LogP contribution in [-0.2, 0) is 0 Å². The van der Waals surface area contributed by atoms with E-state index in [9.17, 15) is 0 Å². The van der Waals surface area contributed by atoms with E-state index < -0.39 is 0 Å². The maximum absolute atomic E-state index is 6.82. The van der Waals surface area contributed by atoms with E-state index >= 15 is 0 Å². The average molecular weight is 1090 g/mol. The number of benzene rings is 6. The summed E-state index contributed by atoms with van der Waals surface area (Å²) in [5.41, 5.74) is 3.14. The highest BCUT2D eigenvalue weighted by Crippen LogP contribution is 2.36. The number of fused-ring (bicyclic) bond motifs is 8. The van der Waals surface area contributed by atoms with E-state index in [0.29, 0.717) is 73.1 Å². The minimum Gasteiger partial charge on any atom is -0.492 e. The van der Waals surface area contributed by atoms with Crippen LogP contribution in [0.5, 0.6) is 23.0 Å². The summed E-state index contributed by atoms with van der Waals surface area (Å²) < 4.78 is 40.2. The molecule has 4 atom stereocenters. The van der Waals surface area contributed by atoms with Crippen LogP contribution in [0.4, 0.5) is 0 Å². The molecule has 0 fully saturated rings. The summed E-state index contributed by atoms with van der Waals surface area (Å²) in [7, 11) is 0. The molecule has 9 rings (SSSR count). The quantitative estimate of drug-likeness (QED) is 0.0487. The third-order valence-corrected chi connectivity index (χ3v) is 16.5. The number of rotatable bonds is 28. The highest BCUT2D eigenvalue weighted by atomic mass is 16.5. The zero-order valence-corrected chi connectivity index (χ0v) is 50.1. The van der Waals surface area contributed by atoms with Gasteiger partial charge in [0.1, 0.15) is 45.3 Å². The second kappa shape index (κ2) is 29.4. The normalized spacial score (nSPS) is 12.8. The number of ether oxygens (including phenoxy) is 4. The zero-order chi connectivity index (χ0) is 57.2. The van der Waals surface area contributed by atoms with Crippen LogP contribution in [0.15, 0.2) is 106 Å². The van der Waals surface area contributed by atoms with Crippen molar-refractivity contribution in [2.45, 2.75) is 158 Å². The largest absolute Gasteiger partial charge is 0.492 e. The Hall–Kier alpha value is -7.64. The van der Waals surface area contributed by atoms with Crippen molar-refractivity contribution in [2.75, 3.05) is 26.4 Å². The Bertz CT molecular complexity index is 3240. The van der Waals surface area contributed by atoms with Gasteiger partial charge in [-0.3, -0.25) is 0 Å². The molecule has 0 aliphatic carbocycles. The lowest BCUT2D eigenvalue weighted by atomic mass is 10.0. The van der Waals surface area contributed by atoms with Crippen LogP contribution >= 0.6 is 0 Å². The Balaban J connectivity index is 1.28. The number of unbranched alkanes of at least 4 members (excludes halogenated alkanes) is 4. The lowest BCUT2D eigenvalue weighted by Crippen LogP contribution is -2.13. The van der Waals surface area contributed by atoms with Crippen molar-refractivity contribution in [2.24, 2.45) is 23.7 Å². The second-order valence-corrected chi connectivity index (χ2v) is 22.6. The van der Waals surface area contributed by atoms with Gasteiger partial charge in [-0.1, -0.05) is 181 Å². The highest BCUT2D eigenvalue weighted by Gasteiger charge is 2.16. The van der Waals surface area contributed by atoms with Crippen LogP contribution in [0.25, 0.3) is 87.0 Å². The first-order chi connectivity index (χ1) is 40.2. The summed E-state index contributed by atoms with van der Waals surface area (Å²) >= 11 is 0. The van der Waals surface area contributed by atoms with Crippen LogP contribution in [0.1, 0.15) is 158 Å². The standard InChI is InChI=1S/C76H84O6/c1-9-17-21-53(13-5)49-77-73-47-74(78-50-54(14-6)22-18-10-2)62-34-26-58-30-38-71-67(42-58)68-44-60(32-40-72(68)82-71)28-36-64-46-63(75(79-51-55(15-7)23-19-11-3)48-76(64)80-52-56(16-8)24-20-12-4)35-27-59-31-39-70-66(43-59)65-41-57(25-33-61(73)45-62)29-37-69(65)81-70/h29-32,37-48,53-56H,9-24,49-52H2,1-8H3. The molecule has 82 heavy (non-hydrogen) atoms. The van der Waals surface area contributed by atoms with E-state index in [1.54, 1.807) is 0 Å². The predicted octanol–water partition coefficient (Wildman–Crippen LogP) is 21.7. The fourth-order valence-corrected chi connectivity index (χ4v) is 10.8. The Morgan fingerprint density at radius 2 is 0.549 bits per heavy atom. The van der Waals surface area contributed by atoms with E-state index in [1.807, 2.05) is 60.7 Å². The lowest BCUT2D eigenvalue weighted by Gasteiger charge is -2.18. The summed E-state index contributed by atoms with van der Waals surface area (Å²) in [6.45, 7) is 20.4. The van der Waals surface area contributed by atoms with Crippen molar-refractivity contribution in [1.29, 1.82) is 0 Å². The first-order valence-electron chi connectivity index (χ1n) is 31.1. The van der Waals surface area contributed by atoms with Crippen molar-refractivity contribution < 1.29 is 27.8 Å². The number of hydrogen-bond acceptors (Lipinski definition) is 6. The van der Waals surface area contributed by atoms with Crippen molar-refractivity contribution >= 4 is 87.0 Å². The van der Waals surface area contributed by atoms with Crippen molar-refractivity contribution in [3.8, 4) is 23.0 Å². The Labute approximate surface area is 489 Å². The molecule has 6 nitrogen and oxygen atoms in total. The van der Waals surface area contributed by atoms with Crippen molar-refractivity contribution in [3.05, 3.63) is 146 Å². The molecule has 0 N–H and O–H groups in total. The van der Waals surface area contributed by atoms with Crippen molar-refractivity contribution in [3.63, 3.8) is 0 Å². The summed E-state index contributed by atoms with van der Waals surface area (Å²) in [5, 5.41) is 10.3. The number of furan rings is 2. The van der Waals surface area contributed by atoms with Crippen LogP contribution in [-0.4, -0.2) is 26.4 Å². The van der Waals surface area contributed by atoms with Crippen LogP contribution in [0, 0.1) is 72.2 Å². The molecule has 0 amide bonds. The smallest absolute Gasteiger partial charge is 0.138 e. The maximum Gasteiger partial charge on any atom is 0.138 e. The average Bonchev–Trinajstić information content (AvgIpc) is 4.16. The summed E-state index contributed by atoms with van der Waals surface area (Å²) in [5.74, 6) is 4.53. The first kappa shape index (κ1) is 59.0. The van der Waals surface area contributed by atoms with Gasteiger partial charge in [0, 0.05) is 55.2 Å². The Morgan fingerprint density at radius 3 is 0.768 bits per heavy atom. The molecular formula is C76H84O6. The molecule has 2 heterocycles. The maximum atomic E-state index is 6.82. The molecule has 7 aromatic carbocycles. The lowest BCUT2D eigenvalue weighted by molar-refractivity contribution is 0.225. The van der Waals surface area contributed by atoms with Gasteiger partial charge in [0.15, 0.2) is 0 Å². The molecule has 9 aromatic rings. The van der Waals surface area contributed by atoms with E-state index in [2.05, 4.69) is 140 Å². The molecule has 0 aliphatic rings. The third kappa shape index (κ3) is 15.1. The first-order valence-corrected chi connectivity index (χ1v) is 31.1. The Kier molecular flexibility index (Phi) is 21.1. The van der Waals surface area contributed by atoms with Crippen LogP contribution in [0.2, 0.25) is 0 Å². The van der Waals surface area contributed by atoms with Gasteiger partial charge >= 0.3 is 0 Å². The molecule has 2 aromatic heterocycles. The van der Waals surface area contributed by atoms with E-state index in [-0.39, 0.29) is 0 Å². The van der Waals surface area contributed by atoms with Gasteiger partial charge in [0.05, 0.1) is 48.0 Å². The minimum absolute atomic E-state index is 0.426. The summed E-state index contributed by atoms with van der Waals surface area (Å²) in [6, 6.07) is 61.2. The molecule has 424 valence electrons. The molecule has 0 saturated carbocycles. The van der Waals surface area contributed by atoms with Gasteiger partial charge in [-0.2, -0.15) is 0 Å². The Morgan fingerprint density at radius 1 is 0.305 bits per heavy atom. The van der Waals surface area contributed by atoms with E-state index in [4.69, 9.17) is 27.8 Å². The van der Waals surface area contributed by atoms with Gasteiger partial charge in [-0.15, -0.1) is 0 Å². The molecule has 0 spiro atoms. The summed E-state index contributed by atoms with van der Waals surface area (Å²) in [4.78, 5) is 0. The van der Waals surface area contributed by atoms with E-state index in [0.717, 1.165) is 164 Å². The van der Waals surface area contributed by atoms with Gasteiger partial charge in [0.2, 0.25) is 0 Å². The van der Waals surface area contributed by atoms with E-state index in [1.165, 1.54) is 25.7 Å². The minimum atomic E-state index is 0.426. The van der Waals surface area contributed by atoms with Gasteiger partial charge in [-0.05, 0) is 134 Å². The van der Waals surface area contributed by atoms with Gasteiger partial charge < -0.3 is 27.8 Å². The topological polar surface area (TPSA) is 63.2 Å². The fourth-order valence-electron chi connectivity index (χ4n) is 10.8. The molecular weight excluding hydrogens is 1010 g/mol. The third-order valence-electron chi connectivity index (χ3n) is 16.5. The van der Waals surface area contributed by atoms with Crippen LogP contribution < -0.4 is 18.9 Å². The molecule has 4 unspecified atom stereocenters. The highest BCUT2D eigenvalue weighted by molar-refractivity contribution is 6.09. The monoisotopic (exact) mass is 1090 g/mol. The van der Waals surface area contributed by atoms with Gasteiger partial charge in [-0.25, -0.2) is 0 Å². The molecule has 0 saturated heterocycles. The zero-order valence-electron chi connectivity index (χ0n) is 50.1. The van der Waals surface area contributed by atoms with Crippen LogP contribution in [0.3, 0.4) is 0 Å². The predicted molar refractivity (Wildman–Crippen MR) is 341 cm³/mol. The molecule has 0 aliphatic heterocycles. The SMILES string of the molecule is CCCCC(CC)COc1cc(OCC(CC)CCCC)c2c#cc3ccc4oc5ccc(c#cc6cc(c#cc7ccc8oc9ccc(c#cc1c2)cc9c8c7)c(OCC(CC)CCCC)cc6OCC(CC)CCCC)cc5c4c3. The molecule has 6 heteroatoms. The molecule has 0 radical (unpaired) electrons.